The Kier molecular flexibility index (Phi) is 8.39. The maximum absolute atomic E-state index is 12.6. The van der Waals surface area contributed by atoms with Crippen molar-refractivity contribution >= 4 is 70.1 Å². The first kappa shape index (κ1) is 26.1. The molecule has 2 amide bonds. The van der Waals surface area contributed by atoms with Crippen molar-refractivity contribution < 1.29 is 29.4 Å². The molecule has 4 N–H and O–H groups in total. The summed E-state index contributed by atoms with van der Waals surface area (Å²) in [7, 11) is 0. The van der Waals surface area contributed by atoms with Crippen molar-refractivity contribution in [3.05, 3.63) is 87.4 Å². The molecule has 0 bridgehead atoms. The molecule has 0 aromatic heterocycles. The number of aromatic carboxylic acids is 2. The molecular weight excluding hydrogens is 515 g/mol. The minimum atomic E-state index is -1.42. The van der Waals surface area contributed by atoms with Gasteiger partial charge >= 0.3 is 11.9 Å². The van der Waals surface area contributed by atoms with Gasteiger partial charge in [-0.25, -0.2) is 9.59 Å². The predicted molar refractivity (Wildman–Crippen MR) is 135 cm³/mol. The largest absolute Gasteiger partial charge is 0.478 e. The number of nitrogens with one attached hydrogen (secondary N) is 2. The van der Waals surface area contributed by atoms with E-state index in [-0.39, 0.29) is 17.0 Å². The molecule has 0 spiro atoms. The lowest BCUT2D eigenvalue weighted by Gasteiger charge is -2.14. The summed E-state index contributed by atoms with van der Waals surface area (Å²) in [6, 6.07) is 14.6. The van der Waals surface area contributed by atoms with Crippen LogP contribution in [-0.4, -0.2) is 39.2 Å². The number of thioether (sulfide) groups is 1. The molecule has 0 aliphatic rings. The van der Waals surface area contributed by atoms with Crippen LogP contribution in [0.15, 0.2) is 65.6 Å². The number of hydrogen-bond acceptors (Lipinski definition) is 5. The standard InChI is InChI=1S/C24H18Cl2N2O6S/c1-12(21(29)28-20-11-14(25)3-9-19(20)26)35-16-6-4-15(5-7-16)27-22(30)17-8-2-13(23(31)32)10-18(17)24(33)34/h2-12H,1H3,(H,27,30)(H,28,29)(H,31,32)(H,33,34). The minimum absolute atomic E-state index is 0.175. The highest BCUT2D eigenvalue weighted by Crippen LogP contribution is 2.29. The lowest BCUT2D eigenvalue weighted by atomic mass is 10.0. The van der Waals surface area contributed by atoms with Gasteiger partial charge in [0.25, 0.3) is 5.91 Å². The van der Waals surface area contributed by atoms with Crippen LogP contribution >= 0.6 is 35.0 Å². The molecule has 8 nitrogen and oxygen atoms in total. The van der Waals surface area contributed by atoms with Gasteiger partial charge in [-0.05, 0) is 67.6 Å². The molecule has 1 unspecified atom stereocenters. The topological polar surface area (TPSA) is 133 Å². The third-order valence-electron chi connectivity index (χ3n) is 4.72. The number of hydrogen-bond donors (Lipinski definition) is 4. The van der Waals surface area contributed by atoms with E-state index in [0.29, 0.717) is 21.4 Å². The van der Waals surface area contributed by atoms with Gasteiger partial charge in [0.1, 0.15) is 0 Å². The van der Waals surface area contributed by atoms with Crippen molar-refractivity contribution in [2.24, 2.45) is 0 Å². The monoisotopic (exact) mass is 532 g/mol. The average Bonchev–Trinajstić information content (AvgIpc) is 2.82. The lowest BCUT2D eigenvalue weighted by molar-refractivity contribution is -0.115. The predicted octanol–water partition coefficient (Wildman–Crippen LogP) is 5.76. The lowest BCUT2D eigenvalue weighted by Crippen LogP contribution is -2.22. The summed E-state index contributed by atoms with van der Waals surface area (Å²) < 4.78 is 0. The van der Waals surface area contributed by atoms with E-state index in [9.17, 15) is 24.3 Å². The van der Waals surface area contributed by atoms with Crippen molar-refractivity contribution in [2.75, 3.05) is 10.6 Å². The molecule has 0 heterocycles. The van der Waals surface area contributed by atoms with E-state index in [1.165, 1.54) is 11.8 Å². The van der Waals surface area contributed by atoms with Crippen LogP contribution in [-0.2, 0) is 4.79 Å². The van der Waals surface area contributed by atoms with Crippen LogP contribution < -0.4 is 10.6 Å². The number of benzene rings is 3. The summed E-state index contributed by atoms with van der Waals surface area (Å²) in [6.07, 6.45) is 0. The number of carbonyl (C=O) groups excluding carboxylic acids is 2. The summed E-state index contributed by atoms with van der Waals surface area (Å²) in [6.45, 7) is 1.72. The highest BCUT2D eigenvalue weighted by molar-refractivity contribution is 8.00. The van der Waals surface area contributed by atoms with Crippen LogP contribution in [0.4, 0.5) is 11.4 Å². The molecule has 180 valence electrons. The van der Waals surface area contributed by atoms with Gasteiger partial charge in [-0.3, -0.25) is 9.59 Å². The smallest absolute Gasteiger partial charge is 0.336 e. The van der Waals surface area contributed by atoms with Crippen LogP contribution in [0.3, 0.4) is 0 Å². The second kappa shape index (κ2) is 11.3. The van der Waals surface area contributed by atoms with Gasteiger partial charge in [-0.2, -0.15) is 0 Å². The number of carboxylic acid groups (broad SMARTS) is 2. The molecule has 0 saturated carbocycles. The van der Waals surface area contributed by atoms with Crippen LogP contribution in [0.1, 0.15) is 38.0 Å². The van der Waals surface area contributed by atoms with Crippen molar-refractivity contribution in [3.63, 3.8) is 0 Å². The molecule has 3 aromatic rings. The van der Waals surface area contributed by atoms with Gasteiger partial charge in [-0.15, -0.1) is 11.8 Å². The summed E-state index contributed by atoms with van der Waals surface area (Å²) in [5.41, 5.74) is -0.0381. The highest BCUT2D eigenvalue weighted by Gasteiger charge is 2.20. The Bertz CT molecular complexity index is 1310. The number of rotatable bonds is 8. The van der Waals surface area contributed by atoms with E-state index >= 15 is 0 Å². The zero-order valence-electron chi connectivity index (χ0n) is 18.0. The van der Waals surface area contributed by atoms with E-state index in [4.69, 9.17) is 28.3 Å². The molecule has 0 aliphatic carbocycles. The van der Waals surface area contributed by atoms with E-state index < -0.39 is 28.7 Å². The van der Waals surface area contributed by atoms with Gasteiger partial charge in [0.2, 0.25) is 5.91 Å². The van der Waals surface area contributed by atoms with E-state index in [1.807, 2.05) is 0 Å². The van der Waals surface area contributed by atoms with Crippen LogP contribution in [0.2, 0.25) is 10.0 Å². The zero-order chi connectivity index (χ0) is 25.7. The quantitative estimate of drug-likeness (QED) is 0.271. The van der Waals surface area contributed by atoms with Gasteiger partial charge in [0.15, 0.2) is 0 Å². The average molecular weight is 533 g/mol. The molecule has 3 aromatic carbocycles. The summed E-state index contributed by atoms with van der Waals surface area (Å²) in [5.74, 6) is -3.70. The molecule has 3 rings (SSSR count). The fourth-order valence-electron chi connectivity index (χ4n) is 2.95. The van der Waals surface area contributed by atoms with E-state index in [1.54, 1.807) is 49.4 Å². The first-order valence-corrected chi connectivity index (χ1v) is 11.6. The third-order valence-corrected chi connectivity index (χ3v) is 6.40. The minimum Gasteiger partial charge on any atom is -0.478 e. The third kappa shape index (κ3) is 6.75. The molecule has 0 fully saturated rings. The Morgan fingerprint density at radius 2 is 1.51 bits per heavy atom. The molecule has 1 atom stereocenters. The second-order valence-electron chi connectivity index (χ2n) is 7.22. The molecule has 0 saturated heterocycles. The van der Waals surface area contributed by atoms with Crippen LogP contribution in [0, 0.1) is 0 Å². The molecule has 0 aliphatic heterocycles. The van der Waals surface area contributed by atoms with Gasteiger partial charge < -0.3 is 20.8 Å². The maximum atomic E-state index is 12.6. The van der Waals surface area contributed by atoms with Crippen molar-refractivity contribution in [1.82, 2.24) is 0 Å². The fourth-order valence-corrected chi connectivity index (χ4v) is 4.16. The zero-order valence-corrected chi connectivity index (χ0v) is 20.4. The fraction of sp³-hybridized carbons (Fsp3) is 0.0833. The molecular formula is C24H18Cl2N2O6S. The normalized spacial score (nSPS) is 11.4. The Labute approximate surface area is 214 Å². The number of halogens is 2. The SMILES string of the molecule is CC(Sc1ccc(NC(=O)c2ccc(C(=O)O)cc2C(=O)O)cc1)C(=O)Nc1cc(Cl)ccc1Cl. The van der Waals surface area contributed by atoms with Gasteiger partial charge in [0.05, 0.1) is 32.7 Å². The maximum Gasteiger partial charge on any atom is 0.336 e. The van der Waals surface area contributed by atoms with E-state index in [2.05, 4.69) is 10.6 Å². The second-order valence-corrected chi connectivity index (χ2v) is 9.48. The Balaban J connectivity index is 1.65. The molecule has 35 heavy (non-hydrogen) atoms. The van der Waals surface area contributed by atoms with Gasteiger partial charge in [0, 0.05) is 15.6 Å². The number of carbonyl (C=O) groups is 4. The van der Waals surface area contributed by atoms with Crippen molar-refractivity contribution in [3.8, 4) is 0 Å². The number of anilines is 2. The number of amides is 2. The first-order chi connectivity index (χ1) is 16.5. The number of carboxylic acids is 2. The summed E-state index contributed by atoms with van der Waals surface area (Å²) in [5, 5.41) is 24.0. The summed E-state index contributed by atoms with van der Waals surface area (Å²) in [4.78, 5) is 48.4. The van der Waals surface area contributed by atoms with Crippen LogP contribution in [0.5, 0.6) is 0 Å². The van der Waals surface area contributed by atoms with Crippen molar-refractivity contribution in [1.29, 1.82) is 0 Å². The van der Waals surface area contributed by atoms with Crippen molar-refractivity contribution in [2.45, 2.75) is 17.1 Å². The Morgan fingerprint density at radius 1 is 0.829 bits per heavy atom. The summed E-state index contributed by atoms with van der Waals surface area (Å²) >= 11 is 13.3. The Morgan fingerprint density at radius 3 is 2.14 bits per heavy atom. The Hall–Kier alpha value is -3.53. The highest BCUT2D eigenvalue weighted by atomic mass is 35.5. The van der Waals surface area contributed by atoms with Crippen LogP contribution in [0.25, 0.3) is 0 Å². The van der Waals surface area contributed by atoms with Gasteiger partial charge in [-0.1, -0.05) is 23.2 Å². The molecule has 0 radical (unpaired) electrons. The first-order valence-electron chi connectivity index (χ1n) is 9.99. The van der Waals surface area contributed by atoms with E-state index in [0.717, 1.165) is 23.1 Å². The molecule has 11 heteroatoms.